The van der Waals surface area contributed by atoms with E-state index in [9.17, 15) is 4.79 Å². The fourth-order valence-electron chi connectivity index (χ4n) is 1.44. The lowest BCUT2D eigenvalue weighted by Gasteiger charge is -2.09. The molecule has 0 saturated heterocycles. The fourth-order valence-corrected chi connectivity index (χ4v) is 1.44. The van der Waals surface area contributed by atoms with E-state index in [2.05, 4.69) is 15.3 Å². The Morgan fingerprint density at radius 2 is 1.88 bits per heavy atom. The van der Waals surface area contributed by atoms with E-state index in [1.54, 1.807) is 24.7 Å². The summed E-state index contributed by atoms with van der Waals surface area (Å²) in [6.07, 6.45) is 6.51. The third-order valence-electron chi connectivity index (χ3n) is 2.32. The number of nitrogens with two attached hydrogens (primary N) is 1. The highest BCUT2D eigenvalue weighted by Crippen LogP contribution is 2.13. The smallest absolute Gasteiger partial charge is 0.252 e. The monoisotopic (exact) mass is 228 g/mol. The van der Waals surface area contributed by atoms with Gasteiger partial charge < -0.3 is 11.1 Å². The Balaban J connectivity index is 2.12. The zero-order valence-corrected chi connectivity index (χ0v) is 9.13. The molecule has 0 atom stereocenters. The summed E-state index contributed by atoms with van der Waals surface area (Å²) in [6.45, 7) is 0.604. The highest BCUT2D eigenvalue weighted by Gasteiger charge is 2.06. The van der Waals surface area contributed by atoms with E-state index in [1.807, 2.05) is 12.1 Å². The molecule has 0 aromatic carbocycles. The quantitative estimate of drug-likeness (QED) is 0.823. The maximum Gasteiger partial charge on any atom is 0.252 e. The number of rotatable bonds is 4. The van der Waals surface area contributed by atoms with Crippen molar-refractivity contribution < 1.29 is 4.79 Å². The van der Waals surface area contributed by atoms with Gasteiger partial charge in [0.25, 0.3) is 5.91 Å². The molecule has 3 N–H and O–H groups in total. The van der Waals surface area contributed by atoms with Gasteiger partial charge in [-0.1, -0.05) is 0 Å². The van der Waals surface area contributed by atoms with Crippen LogP contribution in [0.3, 0.4) is 0 Å². The minimum atomic E-state index is -0.490. The Labute approximate surface area is 98.7 Å². The number of hydrogen-bond donors (Lipinski definition) is 2. The molecule has 0 aliphatic rings. The summed E-state index contributed by atoms with van der Waals surface area (Å²) in [5.41, 5.74) is 7.41. The molecule has 0 fully saturated rings. The van der Waals surface area contributed by atoms with Crippen molar-refractivity contribution in [2.24, 2.45) is 5.73 Å². The van der Waals surface area contributed by atoms with Gasteiger partial charge in [-0.2, -0.15) is 0 Å². The standard InChI is InChI=1S/C12H12N4O/c13-12(17)10-8-15-6-3-11(10)16-7-9-1-4-14-5-2-9/h1-6,8H,7H2,(H2,13,17)(H,15,16). The van der Waals surface area contributed by atoms with Gasteiger partial charge in [-0.15, -0.1) is 0 Å². The summed E-state index contributed by atoms with van der Waals surface area (Å²) in [5, 5.41) is 3.14. The van der Waals surface area contributed by atoms with Crippen LogP contribution in [0.15, 0.2) is 43.0 Å². The van der Waals surface area contributed by atoms with Crippen LogP contribution in [0.25, 0.3) is 0 Å². The molecule has 0 spiro atoms. The summed E-state index contributed by atoms with van der Waals surface area (Å²) in [6, 6.07) is 5.53. The van der Waals surface area contributed by atoms with E-state index >= 15 is 0 Å². The van der Waals surface area contributed by atoms with Gasteiger partial charge in [-0.3, -0.25) is 14.8 Å². The van der Waals surface area contributed by atoms with Crippen molar-refractivity contribution in [2.75, 3.05) is 5.32 Å². The van der Waals surface area contributed by atoms with Crippen LogP contribution in [-0.4, -0.2) is 15.9 Å². The van der Waals surface area contributed by atoms with Crippen LogP contribution < -0.4 is 11.1 Å². The molecular weight excluding hydrogens is 216 g/mol. The van der Waals surface area contributed by atoms with Gasteiger partial charge in [0.2, 0.25) is 0 Å². The van der Waals surface area contributed by atoms with Crippen molar-refractivity contribution in [3.8, 4) is 0 Å². The molecule has 2 aromatic heterocycles. The first-order valence-electron chi connectivity index (χ1n) is 5.14. The third-order valence-corrected chi connectivity index (χ3v) is 2.32. The van der Waals surface area contributed by atoms with Crippen molar-refractivity contribution >= 4 is 11.6 Å². The van der Waals surface area contributed by atoms with Gasteiger partial charge in [0.05, 0.1) is 11.3 Å². The van der Waals surface area contributed by atoms with Crippen molar-refractivity contribution in [1.82, 2.24) is 9.97 Å². The number of anilines is 1. The number of carbonyl (C=O) groups excluding carboxylic acids is 1. The summed E-state index contributed by atoms with van der Waals surface area (Å²) in [5.74, 6) is -0.490. The second-order valence-electron chi connectivity index (χ2n) is 3.49. The number of pyridine rings is 2. The maximum atomic E-state index is 11.2. The number of nitrogens with one attached hydrogen (secondary N) is 1. The van der Waals surface area contributed by atoms with Crippen LogP contribution in [-0.2, 0) is 6.54 Å². The summed E-state index contributed by atoms with van der Waals surface area (Å²) >= 11 is 0. The Kier molecular flexibility index (Phi) is 3.30. The number of amides is 1. The molecule has 2 rings (SSSR count). The Bertz CT molecular complexity index is 513. The number of carbonyl (C=O) groups is 1. The maximum absolute atomic E-state index is 11.2. The molecule has 0 radical (unpaired) electrons. The molecule has 0 aliphatic carbocycles. The molecule has 1 amide bonds. The molecule has 5 heteroatoms. The van der Waals surface area contributed by atoms with Crippen LogP contribution >= 0.6 is 0 Å². The van der Waals surface area contributed by atoms with Gasteiger partial charge in [-0.05, 0) is 23.8 Å². The topological polar surface area (TPSA) is 80.9 Å². The first-order valence-corrected chi connectivity index (χ1v) is 5.14. The molecule has 0 unspecified atom stereocenters. The molecule has 5 nitrogen and oxygen atoms in total. The second kappa shape index (κ2) is 5.07. The zero-order chi connectivity index (χ0) is 12.1. The molecule has 2 aromatic rings. The molecular formula is C12H12N4O. The number of nitrogens with zero attached hydrogens (tertiary/aromatic N) is 2. The van der Waals surface area contributed by atoms with Crippen LogP contribution in [0.5, 0.6) is 0 Å². The summed E-state index contributed by atoms with van der Waals surface area (Å²) < 4.78 is 0. The van der Waals surface area contributed by atoms with Crippen molar-refractivity contribution in [2.45, 2.75) is 6.54 Å². The third kappa shape index (κ3) is 2.78. The SMILES string of the molecule is NC(=O)c1cnccc1NCc1ccncc1. The van der Waals surface area contributed by atoms with Crippen LogP contribution in [0.1, 0.15) is 15.9 Å². The van der Waals surface area contributed by atoms with Gasteiger partial charge >= 0.3 is 0 Å². The van der Waals surface area contributed by atoms with Gasteiger partial charge in [-0.25, -0.2) is 0 Å². The van der Waals surface area contributed by atoms with E-state index < -0.39 is 5.91 Å². The lowest BCUT2D eigenvalue weighted by Crippen LogP contribution is -2.14. The lowest BCUT2D eigenvalue weighted by atomic mass is 10.2. The van der Waals surface area contributed by atoms with E-state index in [1.165, 1.54) is 6.20 Å². The van der Waals surface area contributed by atoms with E-state index in [4.69, 9.17) is 5.73 Å². The lowest BCUT2D eigenvalue weighted by molar-refractivity contribution is 0.100. The largest absolute Gasteiger partial charge is 0.380 e. The van der Waals surface area contributed by atoms with Gasteiger partial charge in [0.1, 0.15) is 0 Å². The minimum Gasteiger partial charge on any atom is -0.380 e. The average molecular weight is 228 g/mol. The molecule has 0 aliphatic heterocycles. The molecule has 0 bridgehead atoms. The Hall–Kier alpha value is -2.43. The predicted molar refractivity (Wildman–Crippen MR) is 64.3 cm³/mol. The van der Waals surface area contributed by atoms with Crippen molar-refractivity contribution in [3.05, 3.63) is 54.1 Å². The van der Waals surface area contributed by atoms with Gasteiger partial charge in [0.15, 0.2) is 0 Å². The Morgan fingerprint density at radius 1 is 1.18 bits per heavy atom. The van der Waals surface area contributed by atoms with Crippen LogP contribution in [0.4, 0.5) is 5.69 Å². The Morgan fingerprint density at radius 3 is 2.59 bits per heavy atom. The molecule has 17 heavy (non-hydrogen) atoms. The van der Waals surface area contributed by atoms with Gasteiger partial charge in [0, 0.05) is 31.3 Å². The molecule has 86 valence electrons. The number of hydrogen-bond acceptors (Lipinski definition) is 4. The number of aromatic nitrogens is 2. The summed E-state index contributed by atoms with van der Waals surface area (Å²) in [4.78, 5) is 19.0. The normalized spacial score (nSPS) is 9.88. The van der Waals surface area contributed by atoms with Crippen LogP contribution in [0, 0.1) is 0 Å². The number of primary amides is 1. The fraction of sp³-hybridized carbons (Fsp3) is 0.0833. The predicted octanol–water partition coefficient (Wildman–Crippen LogP) is 1.19. The highest BCUT2D eigenvalue weighted by atomic mass is 16.1. The first kappa shape index (κ1) is 11.1. The van der Waals surface area contributed by atoms with Crippen LogP contribution in [0.2, 0.25) is 0 Å². The second-order valence-corrected chi connectivity index (χ2v) is 3.49. The van der Waals surface area contributed by atoms with E-state index in [0.29, 0.717) is 17.8 Å². The van der Waals surface area contributed by atoms with Crippen molar-refractivity contribution in [1.29, 1.82) is 0 Å². The van der Waals surface area contributed by atoms with Crippen molar-refractivity contribution in [3.63, 3.8) is 0 Å². The molecule has 2 heterocycles. The van der Waals surface area contributed by atoms with E-state index in [-0.39, 0.29) is 0 Å². The summed E-state index contributed by atoms with van der Waals surface area (Å²) in [7, 11) is 0. The van der Waals surface area contributed by atoms with E-state index in [0.717, 1.165) is 5.56 Å². The first-order chi connectivity index (χ1) is 8.27. The zero-order valence-electron chi connectivity index (χ0n) is 9.13. The minimum absolute atomic E-state index is 0.390. The average Bonchev–Trinajstić information content (AvgIpc) is 2.38. The highest BCUT2D eigenvalue weighted by molar-refractivity contribution is 5.98. The molecule has 0 saturated carbocycles.